The standard InChI is InChI=1S/C11H18O3/c1-11(2)8(9(11)10(13)14)6-4-3-5-7(6)12/h6-9,12H,3-5H2,1-2H3,(H,13,14). The summed E-state index contributed by atoms with van der Waals surface area (Å²) in [6, 6.07) is 0. The first kappa shape index (κ1) is 9.97. The number of carbonyl (C=O) groups is 1. The second kappa shape index (κ2) is 2.96. The van der Waals surface area contributed by atoms with Gasteiger partial charge in [0.1, 0.15) is 0 Å². The SMILES string of the molecule is CC1(C)C(C(=O)O)C1C1CCCC1O. The Labute approximate surface area is 84.1 Å². The molecule has 14 heavy (non-hydrogen) atoms. The molecule has 0 aliphatic heterocycles. The maximum Gasteiger partial charge on any atom is 0.307 e. The Morgan fingerprint density at radius 1 is 1.36 bits per heavy atom. The molecular weight excluding hydrogens is 180 g/mol. The van der Waals surface area contributed by atoms with Crippen molar-refractivity contribution in [3.63, 3.8) is 0 Å². The van der Waals surface area contributed by atoms with Crippen molar-refractivity contribution in [1.29, 1.82) is 0 Å². The van der Waals surface area contributed by atoms with Gasteiger partial charge < -0.3 is 10.2 Å². The Bertz CT molecular complexity index is 259. The van der Waals surface area contributed by atoms with Crippen LogP contribution in [0.1, 0.15) is 33.1 Å². The Balaban J connectivity index is 2.10. The van der Waals surface area contributed by atoms with Crippen LogP contribution in [0.5, 0.6) is 0 Å². The third kappa shape index (κ3) is 1.26. The van der Waals surface area contributed by atoms with Crippen molar-refractivity contribution >= 4 is 5.97 Å². The van der Waals surface area contributed by atoms with Crippen molar-refractivity contribution in [2.75, 3.05) is 0 Å². The number of hydrogen-bond donors (Lipinski definition) is 2. The molecule has 3 heteroatoms. The molecule has 0 bridgehead atoms. The maximum absolute atomic E-state index is 11.0. The molecule has 80 valence electrons. The zero-order chi connectivity index (χ0) is 10.5. The minimum Gasteiger partial charge on any atom is -0.481 e. The number of hydrogen-bond acceptors (Lipinski definition) is 2. The topological polar surface area (TPSA) is 57.5 Å². The molecule has 3 nitrogen and oxygen atoms in total. The van der Waals surface area contributed by atoms with Crippen molar-refractivity contribution in [3.05, 3.63) is 0 Å². The number of rotatable bonds is 2. The van der Waals surface area contributed by atoms with Crippen LogP contribution in [0.25, 0.3) is 0 Å². The van der Waals surface area contributed by atoms with Gasteiger partial charge in [-0.05, 0) is 30.1 Å². The van der Waals surface area contributed by atoms with Gasteiger partial charge in [0.15, 0.2) is 0 Å². The zero-order valence-electron chi connectivity index (χ0n) is 8.73. The monoisotopic (exact) mass is 198 g/mol. The highest BCUT2D eigenvalue weighted by Crippen LogP contribution is 2.64. The third-order valence-corrected chi connectivity index (χ3v) is 4.17. The van der Waals surface area contributed by atoms with Gasteiger partial charge in [-0.1, -0.05) is 20.3 Å². The summed E-state index contributed by atoms with van der Waals surface area (Å²) in [5, 5.41) is 18.8. The van der Waals surface area contributed by atoms with Crippen LogP contribution < -0.4 is 0 Å². The lowest BCUT2D eigenvalue weighted by atomic mass is 9.94. The minimum atomic E-state index is -0.695. The summed E-state index contributed by atoms with van der Waals surface area (Å²) >= 11 is 0. The smallest absolute Gasteiger partial charge is 0.307 e. The molecule has 2 saturated carbocycles. The molecule has 0 amide bonds. The highest BCUT2D eigenvalue weighted by molar-refractivity contribution is 5.75. The molecule has 0 aromatic carbocycles. The summed E-state index contributed by atoms with van der Waals surface area (Å²) in [5.41, 5.74) is -0.109. The highest BCUT2D eigenvalue weighted by atomic mass is 16.4. The van der Waals surface area contributed by atoms with Crippen LogP contribution in [0.2, 0.25) is 0 Å². The predicted octanol–water partition coefficient (Wildman–Crippen LogP) is 1.50. The Morgan fingerprint density at radius 2 is 2.00 bits per heavy atom. The molecule has 0 aromatic heterocycles. The van der Waals surface area contributed by atoms with E-state index in [2.05, 4.69) is 0 Å². The summed E-state index contributed by atoms with van der Waals surface area (Å²) in [6.45, 7) is 4.00. The largest absolute Gasteiger partial charge is 0.481 e. The molecule has 4 atom stereocenters. The van der Waals surface area contributed by atoms with E-state index < -0.39 is 5.97 Å². The van der Waals surface area contributed by atoms with Gasteiger partial charge in [-0.2, -0.15) is 0 Å². The van der Waals surface area contributed by atoms with Crippen molar-refractivity contribution in [3.8, 4) is 0 Å². The van der Waals surface area contributed by atoms with Crippen LogP contribution in [0.15, 0.2) is 0 Å². The van der Waals surface area contributed by atoms with Crippen LogP contribution in [-0.4, -0.2) is 22.3 Å². The van der Waals surface area contributed by atoms with Gasteiger partial charge in [-0.15, -0.1) is 0 Å². The summed E-state index contributed by atoms with van der Waals surface area (Å²) in [4.78, 5) is 11.0. The molecule has 4 unspecified atom stereocenters. The average Bonchev–Trinajstić information content (AvgIpc) is 2.42. The molecule has 0 heterocycles. The molecule has 2 rings (SSSR count). The lowest BCUT2D eigenvalue weighted by Gasteiger charge is -2.15. The number of aliphatic carboxylic acids is 1. The summed E-state index contributed by atoms with van der Waals surface area (Å²) in [6.07, 6.45) is 2.64. The first-order valence-electron chi connectivity index (χ1n) is 5.37. The molecule has 0 radical (unpaired) electrons. The summed E-state index contributed by atoms with van der Waals surface area (Å²) < 4.78 is 0. The van der Waals surface area contributed by atoms with Gasteiger partial charge in [-0.3, -0.25) is 4.79 Å². The summed E-state index contributed by atoms with van der Waals surface area (Å²) in [5.74, 6) is -0.511. The molecule has 2 fully saturated rings. The first-order chi connectivity index (χ1) is 6.46. The van der Waals surface area contributed by atoms with E-state index in [9.17, 15) is 9.90 Å². The number of carboxylic acid groups (broad SMARTS) is 1. The fourth-order valence-electron chi connectivity index (χ4n) is 3.34. The van der Waals surface area contributed by atoms with E-state index in [0.29, 0.717) is 0 Å². The van der Waals surface area contributed by atoms with Gasteiger partial charge >= 0.3 is 5.97 Å². The van der Waals surface area contributed by atoms with E-state index in [-0.39, 0.29) is 29.3 Å². The number of aliphatic hydroxyl groups is 1. The van der Waals surface area contributed by atoms with Gasteiger partial charge in [-0.25, -0.2) is 0 Å². The van der Waals surface area contributed by atoms with Crippen LogP contribution in [0, 0.1) is 23.2 Å². The van der Waals surface area contributed by atoms with E-state index in [0.717, 1.165) is 19.3 Å². The molecule has 0 spiro atoms. The van der Waals surface area contributed by atoms with E-state index in [4.69, 9.17) is 5.11 Å². The third-order valence-electron chi connectivity index (χ3n) is 4.17. The van der Waals surface area contributed by atoms with Gasteiger partial charge in [0.2, 0.25) is 0 Å². The van der Waals surface area contributed by atoms with Gasteiger partial charge in [0.25, 0.3) is 0 Å². The van der Waals surface area contributed by atoms with Crippen molar-refractivity contribution in [1.82, 2.24) is 0 Å². The first-order valence-corrected chi connectivity index (χ1v) is 5.37. The van der Waals surface area contributed by atoms with Crippen LogP contribution in [0.4, 0.5) is 0 Å². The van der Waals surface area contributed by atoms with E-state index >= 15 is 0 Å². The predicted molar refractivity (Wildman–Crippen MR) is 51.7 cm³/mol. The van der Waals surface area contributed by atoms with Crippen molar-refractivity contribution in [2.24, 2.45) is 23.2 Å². The summed E-state index contributed by atoms with van der Waals surface area (Å²) in [7, 11) is 0. The molecule has 0 aromatic rings. The lowest BCUT2D eigenvalue weighted by molar-refractivity contribution is -0.139. The quantitative estimate of drug-likeness (QED) is 0.707. The Hall–Kier alpha value is -0.570. The number of carboxylic acids is 1. The molecular formula is C11H18O3. The van der Waals surface area contributed by atoms with Gasteiger partial charge in [0.05, 0.1) is 12.0 Å². The number of aliphatic hydroxyl groups excluding tert-OH is 1. The van der Waals surface area contributed by atoms with Crippen LogP contribution >= 0.6 is 0 Å². The van der Waals surface area contributed by atoms with Crippen LogP contribution in [-0.2, 0) is 4.79 Å². The second-order valence-corrected chi connectivity index (χ2v) is 5.33. The minimum absolute atomic E-state index is 0.109. The van der Waals surface area contributed by atoms with E-state index in [1.807, 2.05) is 13.8 Å². The highest BCUT2D eigenvalue weighted by Gasteiger charge is 2.65. The molecule has 2 aliphatic rings. The fourth-order valence-corrected chi connectivity index (χ4v) is 3.34. The molecule has 2 N–H and O–H groups in total. The van der Waals surface area contributed by atoms with E-state index in [1.54, 1.807) is 0 Å². The van der Waals surface area contributed by atoms with Crippen molar-refractivity contribution in [2.45, 2.75) is 39.2 Å². The normalized spacial score (nSPS) is 45.1. The van der Waals surface area contributed by atoms with Gasteiger partial charge in [0, 0.05) is 0 Å². The van der Waals surface area contributed by atoms with Crippen molar-refractivity contribution < 1.29 is 15.0 Å². The average molecular weight is 198 g/mol. The Morgan fingerprint density at radius 3 is 2.36 bits per heavy atom. The second-order valence-electron chi connectivity index (χ2n) is 5.33. The Kier molecular flexibility index (Phi) is 2.11. The lowest BCUT2D eigenvalue weighted by Crippen LogP contribution is -2.18. The van der Waals surface area contributed by atoms with Crippen LogP contribution in [0.3, 0.4) is 0 Å². The fraction of sp³-hybridized carbons (Fsp3) is 0.909. The molecule has 0 saturated heterocycles. The maximum atomic E-state index is 11.0. The molecule has 2 aliphatic carbocycles. The zero-order valence-corrected chi connectivity index (χ0v) is 8.73. The van der Waals surface area contributed by atoms with E-state index in [1.165, 1.54) is 0 Å².